The highest BCUT2D eigenvalue weighted by atomic mass is 32.2. The van der Waals surface area contributed by atoms with Crippen molar-refractivity contribution in [3.63, 3.8) is 0 Å². The smallest absolute Gasteiger partial charge is 0.209 e. The maximum absolute atomic E-state index is 11.2. The molecule has 3 N–H and O–H groups in total. The Hall–Kier alpha value is -0.470. The van der Waals surface area contributed by atoms with Gasteiger partial charge in [0.2, 0.25) is 10.0 Å². The molecule has 0 aromatic carbocycles. The van der Waals surface area contributed by atoms with Crippen LogP contribution in [-0.2, 0) is 10.0 Å². The lowest BCUT2D eigenvalue weighted by Crippen LogP contribution is -2.53. The van der Waals surface area contributed by atoms with Crippen molar-refractivity contribution in [2.45, 2.75) is 19.4 Å². The fourth-order valence-corrected chi connectivity index (χ4v) is 2.72. The van der Waals surface area contributed by atoms with Gasteiger partial charge in [-0.25, -0.2) is 13.1 Å². The van der Waals surface area contributed by atoms with Gasteiger partial charge in [-0.2, -0.15) is 11.8 Å². The molecule has 108 valence electrons. The van der Waals surface area contributed by atoms with Gasteiger partial charge in [-0.1, -0.05) is 0 Å². The molecule has 0 aliphatic rings. The van der Waals surface area contributed by atoms with Gasteiger partial charge in [0.15, 0.2) is 5.96 Å². The van der Waals surface area contributed by atoms with Crippen molar-refractivity contribution in [2.75, 3.05) is 38.4 Å². The summed E-state index contributed by atoms with van der Waals surface area (Å²) in [5.41, 5.74) is -0.565. The number of aliphatic imine (C=N–C) groups is 1. The lowest BCUT2D eigenvalue weighted by atomic mass is 10.1. The lowest BCUT2D eigenvalue weighted by molar-refractivity contribution is 0.447. The number of hydrogen-bond donors (Lipinski definition) is 3. The summed E-state index contributed by atoms with van der Waals surface area (Å²) in [6.45, 7) is 4.91. The maximum Gasteiger partial charge on any atom is 0.209 e. The van der Waals surface area contributed by atoms with Gasteiger partial charge in [-0.3, -0.25) is 4.99 Å². The largest absolute Gasteiger partial charge is 0.356 e. The van der Waals surface area contributed by atoms with E-state index in [2.05, 4.69) is 20.3 Å². The average Bonchev–Trinajstić information content (AvgIpc) is 2.19. The standard InChI is InChI=1S/C10H24N4O2S2/c1-10(2,14-18(5,15)16)8-13-9(11-3)12-6-7-17-4/h14H,6-8H2,1-5H3,(H2,11,12,13). The van der Waals surface area contributed by atoms with Crippen molar-refractivity contribution >= 4 is 27.7 Å². The zero-order valence-electron chi connectivity index (χ0n) is 11.7. The van der Waals surface area contributed by atoms with Crippen molar-refractivity contribution in [3.05, 3.63) is 0 Å². The Bertz CT molecular complexity index is 366. The average molecular weight is 296 g/mol. The normalized spacial score (nSPS) is 13.5. The zero-order valence-corrected chi connectivity index (χ0v) is 13.3. The van der Waals surface area contributed by atoms with Gasteiger partial charge in [-0.05, 0) is 20.1 Å². The SMILES string of the molecule is CN=C(NCCSC)NCC(C)(C)NS(C)(=O)=O. The summed E-state index contributed by atoms with van der Waals surface area (Å²) in [6.07, 6.45) is 3.19. The molecule has 0 saturated heterocycles. The van der Waals surface area contributed by atoms with E-state index in [1.165, 1.54) is 0 Å². The number of nitrogens with one attached hydrogen (secondary N) is 3. The second-order valence-electron chi connectivity index (χ2n) is 4.60. The summed E-state index contributed by atoms with van der Waals surface area (Å²) in [6, 6.07) is 0. The van der Waals surface area contributed by atoms with Crippen molar-refractivity contribution in [1.29, 1.82) is 0 Å². The fraction of sp³-hybridized carbons (Fsp3) is 0.900. The molecular formula is C10H24N4O2S2. The van der Waals surface area contributed by atoms with Crippen LogP contribution in [0.2, 0.25) is 0 Å². The van der Waals surface area contributed by atoms with Crippen LogP contribution >= 0.6 is 11.8 Å². The fourth-order valence-electron chi connectivity index (χ4n) is 1.33. The first-order valence-electron chi connectivity index (χ1n) is 5.62. The molecular weight excluding hydrogens is 272 g/mol. The first-order valence-corrected chi connectivity index (χ1v) is 8.91. The Morgan fingerprint density at radius 3 is 2.39 bits per heavy atom. The second-order valence-corrected chi connectivity index (χ2v) is 7.34. The lowest BCUT2D eigenvalue weighted by Gasteiger charge is -2.26. The van der Waals surface area contributed by atoms with Crippen LogP contribution in [0.4, 0.5) is 0 Å². The Morgan fingerprint density at radius 2 is 1.94 bits per heavy atom. The summed E-state index contributed by atoms with van der Waals surface area (Å²) in [5, 5.41) is 6.24. The van der Waals surface area contributed by atoms with Crippen LogP contribution in [0.25, 0.3) is 0 Å². The first kappa shape index (κ1) is 17.5. The summed E-state index contributed by atoms with van der Waals surface area (Å²) >= 11 is 1.75. The predicted octanol–water partition coefficient (Wildman–Crippen LogP) is -0.158. The molecule has 0 unspecified atom stereocenters. The van der Waals surface area contributed by atoms with Gasteiger partial charge in [0.25, 0.3) is 0 Å². The molecule has 0 spiro atoms. The van der Waals surface area contributed by atoms with Gasteiger partial charge in [0.05, 0.1) is 6.26 Å². The summed E-state index contributed by atoms with van der Waals surface area (Å²) < 4.78 is 24.9. The number of rotatable bonds is 7. The maximum atomic E-state index is 11.2. The molecule has 0 rings (SSSR count). The summed E-state index contributed by atoms with van der Waals surface area (Å²) in [5.74, 6) is 1.67. The van der Waals surface area contributed by atoms with E-state index in [0.29, 0.717) is 12.5 Å². The third-order valence-electron chi connectivity index (χ3n) is 1.98. The Morgan fingerprint density at radius 1 is 1.33 bits per heavy atom. The molecule has 0 radical (unpaired) electrons. The Kier molecular flexibility index (Phi) is 7.65. The number of thioether (sulfide) groups is 1. The third kappa shape index (κ3) is 9.55. The highest BCUT2D eigenvalue weighted by Gasteiger charge is 2.22. The van der Waals surface area contributed by atoms with Gasteiger partial charge >= 0.3 is 0 Å². The number of sulfonamides is 1. The van der Waals surface area contributed by atoms with Crippen LogP contribution in [0.1, 0.15) is 13.8 Å². The van der Waals surface area contributed by atoms with Crippen molar-refractivity contribution < 1.29 is 8.42 Å². The molecule has 0 aromatic heterocycles. The third-order valence-corrected chi connectivity index (χ3v) is 3.52. The number of nitrogens with zero attached hydrogens (tertiary/aromatic N) is 1. The minimum atomic E-state index is -3.21. The molecule has 0 saturated carbocycles. The van der Waals surface area contributed by atoms with E-state index in [-0.39, 0.29) is 0 Å². The zero-order chi connectivity index (χ0) is 14.2. The van der Waals surface area contributed by atoms with Crippen molar-refractivity contribution in [3.8, 4) is 0 Å². The second kappa shape index (κ2) is 7.85. The minimum absolute atomic E-state index is 0.457. The van der Waals surface area contributed by atoms with Crippen LogP contribution in [0.3, 0.4) is 0 Å². The summed E-state index contributed by atoms with van der Waals surface area (Å²) in [7, 11) is -1.53. The molecule has 0 aliphatic carbocycles. The van der Waals surface area contributed by atoms with Gasteiger partial charge in [0, 0.05) is 31.4 Å². The van der Waals surface area contributed by atoms with Crippen LogP contribution < -0.4 is 15.4 Å². The highest BCUT2D eigenvalue weighted by molar-refractivity contribution is 7.98. The van der Waals surface area contributed by atoms with E-state index in [4.69, 9.17) is 0 Å². The molecule has 0 heterocycles. The molecule has 0 atom stereocenters. The van der Waals surface area contributed by atoms with Crippen molar-refractivity contribution in [1.82, 2.24) is 15.4 Å². The molecule has 0 amide bonds. The van der Waals surface area contributed by atoms with E-state index < -0.39 is 15.6 Å². The topological polar surface area (TPSA) is 82.6 Å². The van der Waals surface area contributed by atoms with E-state index in [1.807, 2.05) is 20.1 Å². The quantitative estimate of drug-likeness (QED) is 0.345. The first-order chi connectivity index (χ1) is 8.20. The van der Waals surface area contributed by atoms with E-state index in [9.17, 15) is 8.42 Å². The molecule has 0 fully saturated rings. The van der Waals surface area contributed by atoms with E-state index in [0.717, 1.165) is 18.6 Å². The van der Waals surface area contributed by atoms with Crippen LogP contribution in [0.5, 0.6) is 0 Å². The highest BCUT2D eigenvalue weighted by Crippen LogP contribution is 2.01. The van der Waals surface area contributed by atoms with E-state index in [1.54, 1.807) is 18.8 Å². The molecule has 0 bridgehead atoms. The molecule has 8 heteroatoms. The minimum Gasteiger partial charge on any atom is -0.356 e. The van der Waals surface area contributed by atoms with Gasteiger partial charge in [-0.15, -0.1) is 0 Å². The van der Waals surface area contributed by atoms with Gasteiger partial charge < -0.3 is 10.6 Å². The number of guanidine groups is 1. The van der Waals surface area contributed by atoms with Crippen LogP contribution in [0, 0.1) is 0 Å². The molecule has 0 aromatic rings. The van der Waals surface area contributed by atoms with Crippen molar-refractivity contribution in [2.24, 2.45) is 4.99 Å². The summed E-state index contributed by atoms with van der Waals surface area (Å²) in [4.78, 5) is 4.07. The Balaban J connectivity index is 4.19. The van der Waals surface area contributed by atoms with Crippen LogP contribution in [-0.4, -0.2) is 58.3 Å². The Labute approximate surface area is 114 Å². The number of hydrogen-bond acceptors (Lipinski definition) is 4. The van der Waals surface area contributed by atoms with Crippen LogP contribution in [0.15, 0.2) is 4.99 Å². The molecule has 6 nitrogen and oxygen atoms in total. The molecule has 0 aliphatic heterocycles. The monoisotopic (exact) mass is 296 g/mol. The van der Waals surface area contributed by atoms with E-state index >= 15 is 0 Å². The predicted molar refractivity (Wildman–Crippen MR) is 79.8 cm³/mol. The molecule has 18 heavy (non-hydrogen) atoms. The van der Waals surface area contributed by atoms with Gasteiger partial charge in [0.1, 0.15) is 0 Å².